The molecule has 0 atom stereocenters. The number of aromatic nitrogens is 8. The van der Waals surface area contributed by atoms with Gasteiger partial charge in [0.25, 0.3) is 0 Å². The van der Waals surface area contributed by atoms with Crippen LogP contribution in [0.5, 0.6) is 0 Å². The van der Waals surface area contributed by atoms with E-state index in [1.54, 1.807) is 26.3 Å². The summed E-state index contributed by atoms with van der Waals surface area (Å²) < 4.78 is 0. The van der Waals surface area contributed by atoms with Crippen molar-refractivity contribution in [3.63, 3.8) is 0 Å². The number of hydrogen-bond acceptors (Lipinski definition) is 8. The van der Waals surface area contributed by atoms with Gasteiger partial charge in [0.05, 0.1) is 12.4 Å². The fourth-order valence-electron chi connectivity index (χ4n) is 4.03. The van der Waals surface area contributed by atoms with Crippen molar-refractivity contribution in [3.05, 3.63) is 118 Å². The van der Waals surface area contributed by atoms with Gasteiger partial charge in [0, 0.05) is 5.92 Å². The van der Waals surface area contributed by atoms with Crippen molar-refractivity contribution in [1.29, 1.82) is 0 Å². The fraction of sp³-hybridized carbons (Fsp3) is 0.214. The molecule has 2 aromatic heterocycles. The predicted molar refractivity (Wildman–Crippen MR) is 148 cm³/mol. The molecule has 0 amide bonds. The Kier molecular flexibility index (Phi) is 8.22. The SMILES string of the molecule is C=C/C(=C\C=C/C)C(c1cc(/C=N/n2nnnc2C)ccc1C)c1cc(/C=N/n2nnnc2C)ccc1C. The van der Waals surface area contributed by atoms with E-state index < -0.39 is 0 Å². The zero-order valence-corrected chi connectivity index (χ0v) is 22.2. The van der Waals surface area contributed by atoms with E-state index in [0.29, 0.717) is 11.6 Å². The molecule has 0 aliphatic heterocycles. The Morgan fingerprint density at radius 1 is 0.816 bits per heavy atom. The monoisotopic (exact) mass is 506 g/mol. The number of allylic oxidation sites excluding steroid dienone is 5. The molecule has 0 radical (unpaired) electrons. The highest BCUT2D eigenvalue weighted by atomic mass is 15.7. The van der Waals surface area contributed by atoms with E-state index in [4.69, 9.17) is 0 Å². The fourth-order valence-corrected chi connectivity index (χ4v) is 4.03. The summed E-state index contributed by atoms with van der Waals surface area (Å²) in [5.41, 5.74) is 7.54. The second-order valence-electron chi connectivity index (χ2n) is 8.78. The minimum atomic E-state index is -0.0741. The predicted octanol–water partition coefficient (Wildman–Crippen LogP) is 4.48. The largest absolute Gasteiger partial charge is 0.173 e. The normalized spacial score (nSPS) is 12.5. The van der Waals surface area contributed by atoms with Gasteiger partial charge in [-0.05, 0) is 107 Å². The number of benzene rings is 2. The molecule has 0 N–H and O–H groups in total. The summed E-state index contributed by atoms with van der Waals surface area (Å²) in [5.74, 6) is 1.15. The van der Waals surface area contributed by atoms with Gasteiger partial charge in [-0.2, -0.15) is 10.2 Å². The standard InChI is InChI=1S/C28H30N10/c1-7-9-10-25(8-2)28(26-15-23(13-11-19(26)3)17-29-37-21(5)31-33-35-37)27-16-24(14-12-20(27)4)18-30-38-22(6)32-34-36-38/h7-18,28H,2H2,1,3-6H3/b9-7-,25-10+,29-17+,30-18+. The first kappa shape index (κ1) is 26.2. The van der Waals surface area contributed by atoms with Crippen LogP contribution in [-0.2, 0) is 0 Å². The summed E-state index contributed by atoms with van der Waals surface area (Å²) in [7, 11) is 0. The third-order valence-corrected chi connectivity index (χ3v) is 6.12. The van der Waals surface area contributed by atoms with Gasteiger partial charge < -0.3 is 0 Å². The number of nitrogens with zero attached hydrogens (tertiary/aromatic N) is 10. The highest BCUT2D eigenvalue weighted by molar-refractivity contribution is 5.81. The first-order valence-corrected chi connectivity index (χ1v) is 12.2. The Morgan fingerprint density at radius 2 is 1.32 bits per heavy atom. The second kappa shape index (κ2) is 11.9. The van der Waals surface area contributed by atoms with Crippen LogP contribution < -0.4 is 0 Å². The summed E-state index contributed by atoms with van der Waals surface area (Å²) in [6.45, 7) is 14.0. The topological polar surface area (TPSA) is 112 Å². The second-order valence-corrected chi connectivity index (χ2v) is 8.78. The molecule has 2 aromatic carbocycles. The number of tetrazole rings is 2. The molecule has 0 saturated heterocycles. The van der Waals surface area contributed by atoms with Crippen molar-refractivity contribution in [3.8, 4) is 0 Å². The third-order valence-electron chi connectivity index (χ3n) is 6.12. The van der Waals surface area contributed by atoms with Crippen LogP contribution in [-0.4, -0.2) is 53.1 Å². The van der Waals surface area contributed by atoms with E-state index in [-0.39, 0.29) is 5.92 Å². The van der Waals surface area contributed by atoms with E-state index in [2.05, 4.69) is 92.0 Å². The lowest BCUT2D eigenvalue weighted by Crippen LogP contribution is -2.09. The van der Waals surface area contributed by atoms with Crippen molar-refractivity contribution >= 4 is 12.4 Å². The smallest absolute Gasteiger partial charge is 0.155 e. The quantitative estimate of drug-likeness (QED) is 0.244. The maximum absolute atomic E-state index is 4.41. The van der Waals surface area contributed by atoms with Crippen LogP contribution in [0.2, 0.25) is 0 Å². The molecule has 0 saturated carbocycles. The maximum atomic E-state index is 4.41. The van der Waals surface area contributed by atoms with Gasteiger partial charge in [-0.1, -0.05) is 55.1 Å². The van der Waals surface area contributed by atoms with Crippen LogP contribution in [0.1, 0.15) is 57.9 Å². The van der Waals surface area contributed by atoms with Gasteiger partial charge in [0.15, 0.2) is 11.6 Å². The zero-order valence-electron chi connectivity index (χ0n) is 22.2. The molecular formula is C28H30N10. The lowest BCUT2D eigenvalue weighted by Gasteiger charge is -2.24. The van der Waals surface area contributed by atoms with Gasteiger partial charge in [-0.3, -0.25) is 0 Å². The molecule has 10 heteroatoms. The molecule has 0 aliphatic carbocycles. The van der Waals surface area contributed by atoms with Gasteiger partial charge in [0.1, 0.15) is 0 Å². The average Bonchev–Trinajstić information content (AvgIpc) is 3.53. The number of rotatable bonds is 9. The molecule has 192 valence electrons. The van der Waals surface area contributed by atoms with E-state index in [1.165, 1.54) is 9.58 Å². The third kappa shape index (κ3) is 5.92. The molecule has 38 heavy (non-hydrogen) atoms. The lowest BCUT2D eigenvalue weighted by atomic mass is 9.79. The van der Waals surface area contributed by atoms with Crippen LogP contribution in [0.25, 0.3) is 0 Å². The summed E-state index contributed by atoms with van der Waals surface area (Å²) >= 11 is 0. The van der Waals surface area contributed by atoms with Crippen LogP contribution in [0.4, 0.5) is 0 Å². The molecule has 0 bridgehead atoms. The highest BCUT2D eigenvalue weighted by Crippen LogP contribution is 2.37. The Balaban J connectivity index is 1.83. The molecule has 0 aliphatic rings. The summed E-state index contributed by atoms with van der Waals surface area (Å²) in [4.78, 5) is 2.80. The molecule has 0 spiro atoms. The van der Waals surface area contributed by atoms with E-state index >= 15 is 0 Å². The minimum absolute atomic E-state index is 0.0741. The Bertz CT molecular complexity index is 1450. The molecule has 0 fully saturated rings. The van der Waals surface area contributed by atoms with E-state index in [1.807, 2.05) is 37.3 Å². The van der Waals surface area contributed by atoms with Gasteiger partial charge in [-0.25, -0.2) is 0 Å². The van der Waals surface area contributed by atoms with Crippen LogP contribution >= 0.6 is 0 Å². The zero-order chi connectivity index (χ0) is 27.1. The number of hydrogen-bond donors (Lipinski definition) is 0. The molecule has 4 rings (SSSR count). The van der Waals surface area contributed by atoms with Crippen molar-refractivity contribution in [2.45, 2.75) is 40.5 Å². The molecule has 0 unspecified atom stereocenters. The van der Waals surface area contributed by atoms with E-state index in [0.717, 1.165) is 39.0 Å². The Morgan fingerprint density at radius 3 is 1.71 bits per heavy atom. The van der Waals surface area contributed by atoms with Crippen molar-refractivity contribution < 1.29 is 0 Å². The minimum Gasteiger partial charge on any atom is -0.155 e. The average molecular weight is 507 g/mol. The highest BCUT2D eigenvalue weighted by Gasteiger charge is 2.21. The summed E-state index contributed by atoms with van der Waals surface area (Å²) in [6.07, 6.45) is 11.6. The molecular weight excluding hydrogens is 476 g/mol. The number of aryl methyl sites for hydroxylation is 4. The summed E-state index contributed by atoms with van der Waals surface area (Å²) in [6, 6.07) is 12.6. The molecule has 10 nitrogen and oxygen atoms in total. The lowest BCUT2D eigenvalue weighted by molar-refractivity contribution is 0.678. The van der Waals surface area contributed by atoms with Crippen LogP contribution in [0.3, 0.4) is 0 Å². The maximum Gasteiger partial charge on any atom is 0.173 e. The van der Waals surface area contributed by atoms with Crippen molar-refractivity contribution in [2.24, 2.45) is 10.2 Å². The Hall–Kier alpha value is -4.86. The van der Waals surface area contributed by atoms with Gasteiger partial charge in [-0.15, -0.1) is 19.8 Å². The van der Waals surface area contributed by atoms with Gasteiger partial charge in [0.2, 0.25) is 0 Å². The molecule has 4 aromatic rings. The van der Waals surface area contributed by atoms with Crippen molar-refractivity contribution in [2.75, 3.05) is 0 Å². The van der Waals surface area contributed by atoms with E-state index in [9.17, 15) is 0 Å². The summed E-state index contributed by atoms with van der Waals surface area (Å²) in [5, 5.41) is 31.7. The van der Waals surface area contributed by atoms with Crippen LogP contribution in [0, 0.1) is 27.7 Å². The van der Waals surface area contributed by atoms with Gasteiger partial charge >= 0.3 is 0 Å². The van der Waals surface area contributed by atoms with Crippen LogP contribution in [0.15, 0.2) is 83.1 Å². The first-order valence-electron chi connectivity index (χ1n) is 12.2. The van der Waals surface area contributed by atoms with Crippen molar-refractivity contribution in [1.82, 2.24) is 40.6 Å². The Labute approximate surface area is 221 Å². The molecule has 2 heterocycles. The first-order chi connectivity index (χ1) is 18.4.